The van der Waals surface area contributed by atoms with Gasteiger partial charge in [-0.25, -0.2) is 9.78 Å². The van der Waals surface area contributed by atoms with Crippen molar-refractivity contribution in [1.29, 1.82) is 0 Å². The molecule has 1 aromatic heterocycles. The number of aromatic nitrogens is 1. The zero-order valence-corrected chi connectivity index (χ0v) is 12.4. The van der Waals surface area contributed by atoms with Gasteiger partial charge in [0.15, 0.2) is 18.6 Å². The number of hydrogen-bond donors (Lipinski definition) is 1. The summed E-state index contributed by atoms with van der Waals surface area (Å²) in [6.07, 6.45) is 1.30. The van der Waals surface area contributed by atoms with Crippen molar-refractivity contribution < 1.29 is 18.7 Å². The number of nitrogens with one attached hydrogen (secondary N) is 1. The molecule has 2 aromatic carbocycles. The average molecular weight is 310 g/mol. The Morgan fingerprint density at radius 2 is 1.96 bits per heavy atom. The molecule has 0 unspecified atom stereocenters. The maximum absolute atomic E-state index is 12.0. The molecular weight excluding hydrogens is 296 g/mol. The Balaban J connectivity index is 1.57. The van der Waals surface area contributed by atoms with Crippen LogP contribution in [0.5, 0.6) is 0 Å². The van der Waals surface area contributed by atoms with Crippen molar-refractivity contribution in [2.45, 2.75) is 6.92 Å². The number of fused-ring (bicyclic) bond motifs is 1. The number of carbonyl (C=O) groups excluding carboxylic acids is 2. The van der Waals surface area contributed by atoms with E-state index in [0.717, 1.165) is 5.56 Å². The lowest BCUT2D eigenvalue weighted by atomic mass is 10.2. The summed E-state index contributed by atoms with van der Waals surface area (Å²) < 4.78 is 10.1. The van der Waals surface area contributed by atoms with Crippen molar-refractivity contribution in [2.24, 2.45) is 0 Å². The van der Waals surface area contributed by atoms with Crippen LogP contribution in [0.4, 0.5) is 5.69 Å². The number of carbonyl (C=O) groups is 2. The van der Waals surface area contributed by atoms with Crippen LogP contribution in [0.15, 0.2) is 53.3 Å². The number of aryl methyl sites for hydroxylation is 1. The van der Waals surface area contributed by atoms with Crippen LogP contribution in [0.2, 0.25) is 0 Å². The third-order valence-electron chi connectivity index (χ3n) is 3.24. The first-order valence-corrected chi connectivity index (χ1v) is 6.99. The molecule has 0 spiro atoms. The molecule has 0 atom stereocenters. The van der Waals surface area contributed by atoms with Crippen LogP contribution < -0.4 is 5.32 Å². The van der Waals surface area contributed by atoms with Gasteiger partial charge in [0.2, 0.25) is 0 Å². The number of hydrogen-bond acceptors (Lipinski definition) is 5. The van der Waals surface area contributed by atoms with Gasteiger partial charge in [0.05, 0.1) is 5.56 Å². The van der Waals surface area contributed by atoms with Crippen molar-refractivity contribution in [1.82, 2.24) is 4.98 Å². The number of benzene rings is 2. The van der Waals surface area contributed by atoms with E-state index < -0.39 is 11.9 Å². The van der Waals surface area contributed by atoms with E-state index in [9.17, 15) is 9.59 Å². The molecule has 116 valence electrons. The minimum atomic E-state index is -0.589. The Kier molecular flexibility index (Phi) is 4.05. The Hall–Kier alpha value is -3.15. The highest BCUT2D eigenvalue weighted by Crippen LogP contribution is 2.15. The predicted molar refractivity (Wildman–Crippen MR) is 84.1 cm³/mol. The van der Waals surface area contributed by atoms with Crippen LogP contribution in [0.25, 0.3) is 11.1 Å². The van der Waals surface area contributed by atoms with Gasteiger partial charge in [0.1, 0.15) is 5.52 Å². The van der Waals surface area contributed by atoms with Gasteiger partial charge in [-0.2, -0.15) is 0 Å². The first-order chi connectivity index (χ1) is 11.1. The quantitative estimate of drug-likeness (QED) is 0.749. The number of ether oxygens (including phenoxy) is 1. The maximum atomic E-state index is 12.0. The molecule has 0 aliphatic heterocycles. The maximum Gasteiger partial charge on any atom is 0.338 e. The van der Waals surface area contributed by atoms with Crippen molar-refractivity contribution in [2.75, 3.05) is 11.9 Å². The van der Waals surface area contributed by atoms with E-state index in [1.807, 2.05) is 19.1 Å². The van der Waals surface area contributed by atoms with E-state index in [1.54, 1.807) is 30.3 Å². The molecule has 0 bridgehead atoms. The summed E-state index contributed by atoms with van der Waals surface area (Å²) in [5.74, 6) is -0.987. The van der Waals surface area contributed by atoms with E-state index >= 15 is 0 Å². The number of nitrogens with zero attached hydrogens (tertiary/aromatic N) is 1. The van der Waals surface area contributed by atoms with Gasteiger partial charge >= 0.3 is 5.97 Å². The molecule has 1 amide bonds. The van der Waals surface area contributed by atoms with Crippen molar-refractivity contribution in [3.63, 3.8) is 0 Å². The molecule has 0 saturated heterocycles. The van der Waals surface area contributed by atoms with Gasteiger partial charge in [-0.15, -0.1) is 0 Å². The Labute approximate surface area is 132 Å². The second kappa shape index (κ2) is 6.31. The number of rotatable bonds is 4. The van der Waals surface area contributed by atoms with Crippen LogP contribution in [0.3, 0.4) is 0 Å². The standard InChI is InChI=1S/C17H14N2O4/c1-11-2-5-13(6-3-11)19-16(20)9-22-17(21)12-4-7-15-14(8-12)18-10-23-15/h2-8,10H,9H2,1H3,(H,19,20). The smallest absolute Gasteiger partial charge is 0.338 e. The molecule has 0 radical (unpaired) electrons. The SMILES string of the molecule is Cc1ccc(NC(=O)COC(=O)c2ccc3ocnc3c2)cc1. The fourth-order valence-electron chi connectivity index (χ4n) is 2.03. The van der Waals surface area contributed by atoms with Gasteiger partial charge in [0.25, 0.3) is 5.91 Å². The normalized spacial score (nSPS) is 10.5. The highest BCUT2D eigenvalue weighted by molar-refractivity contribution is 5.96. The third-order valence-corrected chi connectivity index (χ3v) is 3.24. The molecule has 0 fully saturated rings. The molecule has 1 N–H and O–H groups in total. The zero-order chi connectivity index (χ0) is 16.2. The van der Waals surface area contributed by atoms with Gasteiger partial charge in [-0.3, -0.25) is 4.79 Å². The van der Waals surface area contributed by atoms with Crippen molar-refractivity contribution in [3.8, 4) is 0 Å². The molecule has 1 heterocycles. The second-order valence-corrected chi connectivity index (χ2v) is 5.03. The zero-order valence-electron chi connectivity index (χ0n) is 12.4. The number of anilines is 1. The van der Waals surface area contributed by atoms with Gasteiger partial charge in [0, 0.05) is 5.69 Å². The summed E-state index contributed by atoms with van der Waals surface area (Å²) in [6, 6.07) is 12.1. The molecule has 23 heavy (non-hydrogen) atoms. The predicted octanol–water partition coefficient (Wildman–Crippen LogP) is 2.93. The van der Waals surface area contributed by atoms with Crippen LogP contribution in [-0.2, 0) is 9.53 Å². The fourth-order valence-corrected chi connectivity index (χ4v) is 2.03. The van der Waals surface area contributed by atoms with E-state index in [4.69, 9.17) is 9.15 Å². The average Bonchev–Trinajstić information content (AvgIpc) is 3.02. The van der Waals surface area contributed by atoms with Gasteiger partial charge in [-0.1, -0.05) is 17.7 Å². The summed E-state index contributed by atoms with van der Waals surface area (Å²) in [4.78, 5) is 27.7. The fraction of sp³-hybridized carbons (Fsp3) is 0.118. The number of esters is 1. The minimum Gasteiger partial charge on any atom is -0.452 e. The van der Waals surface area contributed by atoms with Gasteiger partial charge < -0.3 is 14.5 Å². The lowest BCUT2D eigenvalue weighted by Crippen LogP contribution is -2.20. The van der Waals surface area contributed by atoms with Crippen LogP contribution >= 0.6 is 0 Å². The number of amides is 1. The molecule has 6 nitrogen and oxygen atoms in total. The van der Waals surface area contributed by atoms with Crippen LogP contribution in [-0.4, -0.2) is 23.5 Å². The van der Waals surface area contributed by atoms with Crippen LogP contribution in [0.1, 0.15) is 15.9 Å². The molecule has 0 aliphatic rings. The summed E-state index contributed by atoms with van der Waals surface area (Å²) in [7, 11) is 0. The molecule has 0 aliphatic carbocycles. The lowest BCUT2D eigenvalue weighted by Gasteiger charge is -2.07. The molecule has 0 saturated carbocycles. The van der Waals surface area contributed by atoms with E-state index in [2.05, 4.69) is 10.3 Å². The Morgan fingerprint density at radius 3 is 2.74 bits per heavy atom. The minimum absolute atomic E-state index is 0.314. The molecule has 3 rings (SSSR count). The van der Waals surface area contributed by atoms with Crippen molar-refractivity contribution in [3.05, 3.63) is 60.0 Å². The van der Waals surface area contributed by atoms with E-state index in [-0.39, 0.29) is 6.61 Å². The highest BCUT2D eigenvalue weighted by atomic mass is 16.5. The third kappa shape index (κ3) is 3.55. The monoisotopic (exact) mass is 310 g/mol. The molecule has 3 aromatic rings. The Morgan fingerprint density at radius 1 is 1.17 bits per heavy atom. The lowest BCUT2D eigenvalue weighted by molar-refractivity contribution is -0.119. The van der Waals surface area contributed by atoms with E-state index in [0.29, 0.717) is 22.4 Å². The highest BCUT2D eigenvalue weighted by Gasteiger charge is 2.12. The first-order valence-electron chi connectivity index (χ1n) is 6.99. The summed E-state index contributed by atoms with van der Waals surface area (Å²) in [5.41, 5.74) is 3.20. The summed E-state index contributed by atoms with van der Waals surface area (Å²) in [6.45, 7) is 1.60. The molecular formula is C17H14N2O4. The molecule has 6 heteroatoms. The second-order valence-electron chi connectivity index (χ2n) is 5.03. The van der Waals surface area contributed by atoms with Crippen molar-refractivity contribution >= 4 is 28.7 Å². The summed E-state index contributed by atoms with van der Waals surface area (Å²) in [5, 5.41) is 2.66. The van der Waals surface area contributed by atoms with E-state index in [1.165, 1.54) is 6.39 Å². The van der Waals surface area contributed by atoms with Crippen LogP contribution in [0, 0.1) is 6.92 Å². The largest absolute Gasteiger partial charge is 0.452 e. The first kappa shape index (κ1) is 14.8. The Bertz CT molecular complexity index is 852. The summed E-state index contributed by atoms with van der Waals surface area (Å²) >= 11 is 0. The number of oxazole rings is 1. The topological polar surface area (TPSA) is 81.4 Å². The van der Waals surface area contributed by atoms with Gasteiger partial charge in [-0.05, 0) is 37.3 Å².